The van der Waals surface area contributed by atoms with Gasteiger partial charge in [-0.25, -0.2) is 9.48 Å². The number of nitrogens with zero attached hydrogens (tertiary/aromatic N) is 4. The third-order valence-electron chi connectivity index (χ3n) is 3.78. The van der Waals surface area contributed by atoms with E-state index in [1.54, 1.807) is 14.0 Å². The van der Waals surface area contributed by atoms with E-state index in [-0.39, 0.29) is 23.7 Å². The van der Waals surface area contributed by atoms with Crippen molar-refractivity contribution in [3.63, 3.8) is 0 Å². The second kappa shape index (κ2) is 8.50. The molecule has 136 valence electrons. The molecule has 1 amide bonds. The molecule has 1 atom stereocenters. The van der Waals surface area contributed by atoms with E-state index in [4.69, 9.17) is 21.6 Å². The first kappa shape index (κ1) is 19.5. The number of likely N-dealkylation sites (N-methyl/N-ethyl adjacent to an activating group) is 1. The Morgan fingerprint density at radius 1 is 1.38 bits per heavy atom. The number of esters is 1. The van der Waals surface area contributed by atoms with Gasteiger partial charge in [0.05, 0.1) is 23.9 Å². The first-order valence-corrected chi connectivity index (χ1v) is 8.38. The van der Waals surface area contributed by atoms with E-state index in [1.165, 1.54) is 16.5 Å². The second-order valence-electron chi connectivity index (χ2n) is 5.71. The third kappa shape index (κ3) is 4.21. The maximum atomic E-state index is 12.5. The number of aromatic nitrogens is 2. The summed E-state index contributed by atoms with van der Waals surface area (Å²) in [5.41, 5.74) is 1.23. The Balaban J connectivity index is 2.17. The summed E-state index contributed by atoms with van der Waals surface area (Å²) < 4.78 is 6.70. The molecule has 1 aromatic heterocycles. The van der Waals surface area contributed by atoms with Crippen molar-refractivity contribution in [1.82, 2.24) is 14.7 Å². The Labute approximate surface area is 156 Å². The van der Waals surface area contributed by atoms with Crippen LogP contribution in [0.5, 0.6) is 0 Å². The number of nitriles is 1. The lowest BCUT2D eigenvalue weighted by atomic mass is 10.2. The summed E-state index contributed by atoms with van der Waals surface area (Å²) in [5, 5.41) is 13.0. The summed E-state index contributed by atoms with van der Waals surface area (Å²) in [7, 11) is 1.55. The topological polar surface area (TPSA) is 88.2 Å². The van der Waals surface area contributed by atoms with Gasteiger partial charge in [0.25, 0.3) is 5.91 Å². The lowest BCUT2D eigenvalue weighted by molar-refractivity contribution is -0.138. The van der Waals surface area contributed by atoms with Gasteiger partial charge in [-0.1, -0.05) is 29.8 Å². The first-order valence-electron chi connectivity index (χ1n) is 8.00. The van der Waals surface area contributed by atoms with Crippen molar-refractivity contribution >= 4 is 23.5 Å². The first-order chi connectivity index (χ1) is 12.4. The van der Waals surface area contributed by atoms with Crippen molar-refractivity contribution in [2.24, 2.45) is 0 Å². The van der Waals surface area contributed by atoms with Crippen LogP contribution in [-0.4, -0.2) is 46.3 Å². The van der Waals surface area contributed by atoms with Crippen molar-refractivity contribution in [2.45, 2.75) is 26.4 Å². The predicted molar refractivity (Wildman–Crippen MR) is 96.1 cm³/mol. The third-order valence-corrected chi connectivity index (χ3v) is 4.12. The van der Waals surface area contributed by atoms with Crippen LogP contribution in [0.25, 0.3) is 5.69 Å². The number of ether oxygens (including phenoxy) is 1. The number of para-hydroxylation sites is 1. The molecule has 0 N–H and O–H groups in total. The van der Waals surface area contributed by atoms with E-state index in [2.05, 4.69) is 5.10 Å². The van der Waals surface area contributed by atoms with E-state index in [0.717, 1.165) is 0 Å². The molecule has 0 radical (unpaired) electrons. The lowest BCUT2D eigenvalue weighted by Gasteiger charge is -2.20. The van der Waals surface area contributed by atoms with Gasteiger partial charge < -0.3 is 9.64 Å². The van der Waals surface area contributed by atoms with E-state index >= 15 is 0 Å². The average Bonchev–Trinajstić information content (AvgIpc) is 2.93. The summed E-state index contributed by atoms with van der Waals surface area (Å²) in [6, 6.07) is 11.1. The monoisotopic (exact) mass is 374 g/mol. The molecule has 0 unspecified atom stereocenters. The van der Waals surface area contributed by atoms with Crippen molar-refractivity contribution in [1.29, 1.82) is 5.26 Å². The Morgan fingerprint density at radius 3 is 2.65 bits per heavy atom. The van der Waals surface area contributed by atoms with Crippen molar-refractivity contribution < 1.29 is 14.3 Å². The maximum Gasteiger partial charge on any atom is 0.344 e. The Hall–Kier alpha value is -2.85. The van der Waals surface area contributed by atoms with Gasteiger partial charge in [0, 0.05) is 13.6 Å². The number of carbonyl (C=O) groups is 2. The summed E-state index contributed by atoms with van der Waals surface area (Å²) in [4.78, 5) is 26.0. The standard InChI is InChI=1S/C18H19ClN4O3/c1-12-15(16(19)23(21-12)14-8-5-4-6-9-14)18(25)26-13(2)17(24)22(3)11-7-10-20/h4-6,8-9,13H,7,11H2,1-3H3/t13-/m0/s1. The van der Waals surface area contributed by atoms with E-state index in [1.807, 2.05) is 36.4 Å². The van der Waals surface area contributed by atoms with Crippen LogP contribution in [0.4, 0.5) is 0 Å². The summed E-state index contributed by atoms with van der Waals surface area (Å²) in [6.45, 7) is 3.39. The van der Waals surface area contributed by atoms with E-state index in [0.29, 0.717) is 11.4 Å². The fourth-order valence-electron chi connectivity index (χ4n) is 2.38. The highest BCUT2D eigenvalue weighted by Crippen LogP contribution is 2.24. The average molecular weight is 375 g/mol. The highest BCUT2D eigenvalue weighted by Gasteiger charge is 2.27. The van der Waals surface area contributed by atoms with Crippen LogP contribution in [0.15, 0.2) is 30.3 Å². The molecule has 2 aromatic rings. The van der Waals surface area contributed by atoms with Crippen LogP contribution in [0, 0.1) is 18.3 Å². The Bertz CT molecular complexity index is 842. The molecule has 2 rings (SSSR count). The quantitative estimate of drug-likeness (QED) is 0.725. The lowest BCUT2D eigenvalue weighted by Crippen LogP contribution is -2.38. The number of amides is 1. The van der Waals surface area contributed by atoms with Gasteiger partial charge in [-0.05, 0) is 26.0 Å². The van der Waals surface area contributed by atoms with Gasteiger partial charge in [0.2, 0.25) is 0 Å². The SMILES string of the molecule is Cc1nn(-c2ccccc2)c(Cl)c1C(=O)O[C@@H](C)C(=O)N(C)CCC#N. The number of hydrogen-bond acceptors (Lipinski definition) is 5. The van der Waals surface area contributed by atoms with Gasteiger partial charge in [-0.2, -0.15) is 10.4 Å². The van der Waals surface area contributed by atoms with Crippen LogP contribution >= 0.6 is 11.6 Å². The van der Waals surface area contributed by atoms with Crippen LogP contribution in [0.1, 0.15) is 29.4 Å². The van der Waals surface area contributed by atoms with Gasteiger partial charge in [-0.15, -0.1) is 0 Å². The molecule has 0 aliphatic rings. The Morgan fingerprint density at radius 2 is 2.04 bits per heavy atom. The number of benzene rings is 1. The molecule has 0 bridgehead atoms. The van der Waals surface area contributed by atoms with Gasteiger partial charge in [0.1, 0.15) is 10.7 Å². The maximum absolute atomic E-state index is 12.5. The minimum absolute atomic E-state index is 0.120. The Kier molecular flexibility index (Phi) is 6.36. The van der Waals surface area contributed by atoms with Crippen LogP contribution in [0.3, 0.4) is 0 Å². The molecule has 0 fully saturated rings. The zero-order chi connectivity index (χ0) is 19.3. The highest BCUT2D eigenvalue weighted by molar-refractivity contribution is 6.33. The molecule has 0 spiro atoms. The number of halogens is 1. The molecule has 0 aliphatic heterocycles. The molecule has 0 saturated carbocycles. The molecule has 26 heavy (non-hydrogen) atoms. The number of hydrogen-bond donors (Lipinski definition) is 0. The van der Waals surface area contributed by atoms with Crippen LogP contribution < -0.4 is 0 Å². The van der Waals surface area contributed by atoms with E-state index in [9.17, 15) is 9.59 Å². The second-order valence-corrected chi connectivity index (χ2v) is 6.07. The minimum atomic E-state index is -0.998. The normalized spacial score (nSPS) is 11.5. The highest BCUT2D eigenvalue weighted by atomic mass is 35.5. The molecule has 0 aliphatic carbocycles. The number of rotatable bonds is 6. The molecule has 8 heteroatoms. The van der Waals surface area contributed by atoms with Crippen LogP contribution in [-0.2, 0) is 9.53 Å². The van der Waals surface area contributed by atoms with Crippen molar-refractivity contribution in [3.8, 4) is 11.8 Å². The molecule has 7 nitrogen and oxygen atoms in total. The molecular formula is C18H19ClN4O3. The molecular weight excluding hydrogens is 356 g/mol. The number of carbonyl (C=O) groups excluding carboxylic acids is 2. The fraction of sp³-hybridized carbons (Fsp3) is 0.333. The predicted octanol–water partition coefficient (Wildman–Crippen LogP) is 2.75. The smallest absolute Gasteiger partial charge is 0.344 e. The molecule has 1 aromatic carbocycles. The van der Waals surface area contributed by atoms with Gasteiger partial charge in [-0.3, -0.25) is 4.79 Å². The fourth-order valence-corrected chi connectivity index (χ4v) is 2.73. The summed E-state index contributed by atoms with van der Waals surface area (Å²) >= 11 is 6.32. The molecule has 1 heterocycles. The largest absolute Gasteiger partial charge is 0.449 e. The minimum Gasteiger partial charge on any atom is -0.449 e. The summed E-state index contributed by atoms with van der Waals surface area (Å²) in [5.74, 6) is -1.11. The van der Waals surface area contributed by atoms with Crippen molar-refractivity contribution in [3.05, 3.63) is 46.7 Å². The van der Waals surface area contributed by atoms with Crippen LogP contribution in [0.2, 0.25) is 5.15 Å². The zero-order valence-corrected chi connectivity index (χ0v) is 15.5. The zero-order valence-electron chi connectivity index (χ0n) is 14.8. The number of aryl methyl sites for hydroxylation is 1. The van der Waals surface area contributed by atoms with Crippen molar-refractivity contribution in [2.75, 3.05) is 13.6 Å². The van der Waals surface area contributed by atoms with E-state index < -0.39 is 18.0 Å². The van der Waals surface area contributed by atoms with Gasteiger partial charge in [0.15, 0.2) is 6.10 Å². The van der Waals surface area contributed by atoms with Gasteiger partial charge >= 0.3 is 5.97 Å². The summed E-state index contributed by atoms with van der Waals surface area (Å²) in [6.07, 6.45) is -0.792. The molecule has 0 saturated heterocycles.